The van der Waals surface area contributed by atoms with Crippen LogP contribution in [0.5, 0.6) is 11.5 Å². The van der Waals surface area contributed by atoms with Gasteiger partial charge in [0.1, 0.15) is 17.8 Å². The zero-order chi connectivity index (χ0) is 14.7. The van der Waals surface area contributed by atoms with Gasteiger partial charge in [-0.1, -0.05) is 12.1 Å². The van der Waals surface area contributed by atoms with Gasteiger partial charge < -0.3 is 4.74 Å². The lowest BCUT2D eigenvalue weighted by atomic mass is 10.1. The summed E-state index contributed by atoms with van der Waals surface area (Å²) in [6.07, 6.45) is 0.669. The fourth-order valence-electron chi connectivity index (χ4n) is 1.63. The second kappa shape index (κ2) is 5.48. The van der Waals surface area contributed by atoms with E-state index in [1.165, 1.54) is 12.1 Å². The number of benzene rings is 2. The molecule has 0 fully saturated rings. The smallest absolute Gasteiger partial charge is 0.305 e. The molecule has 0 saturated carbocycles. The van der Waals surface area contributed by atoms with Gasteiger partial charge >= 0.3 is 5.69 Å². The maximum atomic E-state index is 13.5. The van der Waals surface area contributed by atoms with Gasteiger partial charge in [-0.15, -0.1) is 0 Å². The van der Waals surface area contributed by atoms with Gasteiger partial charge in [-0.3, -0.25) is 14.9 Å². The molecule has 0 atom stereocenters. The van der Waals surface area contributed by atoms with Crippen LogP contribution in [0.25, 0.3) is 0 Å². The highest BCUT2D eigenvalue weighted by atomic mass is 19.1. The molecule has 0 N–H and O–H groups in total. The summed E-state index contributed by atoms with van der Waals surface area (Å²) in [5.74, 6) is -0.459. The third kappa shape index (κ3) is 2.80. The van der Waals surface area contributed by atoms with Crippen molar-refractivity contribution in [3.05, 3.63) is 63.5 Å². The standard InChI is InChI=1S/C14H10FNO4/c1-9-2-3-10(8-17)6-14(9)20-11-4-5-13(16(18)19)12(15)7-11/h2-8H,1H3. The third-order valence-corrected chi connectivity index (χ3v) is 2.69. The molecule has 0 aliphatic rings. The maximum Gasteiger partial charge on any atom is 0.305 e. The molecule has 0 bridgehead atoms. The molecule has 6 heteroatoms. The minimum Gasteiger partial charge on any atom is -0.457 e. The van der Waals surface area contributed by atoms with Crippen LogP contribution in [0.2, 0.25) is 0 Å². The summed E-state index contributed by atoms with van der Waals surface area (Å²) >= 11 is 0. The van der Waals surface area contributed by atoms with Gasteiger partial charge in [-0.25, -0.2) is 0 Å². The Morgan fingerprint density at radius 3 is 2.60 bits per heavy atom. The number of nitro groups is 1. The number of carbonyl (C=O) groups is 1. The summed E-state index contributed by atoms with van der Waals surface area (Å²) in [5, 5.41) is 10.5. The first-order valence-corrected chi connectivity index (χ1v) is 5.69. The number of ether oxygens (including phenoxy) is 1. The second-order valence-corrected chi connectivity index (χ2v) is 4.12. The fourth-order valence-corrected chi connectivity index (χ4v) is 1.63. The minimum atomic E-state index is -0.975. The topological polar surface area (TPSA) is 69.4 Å². The quantitative estimate of drug-likeness (QED) is 0.485. The Bertz CT molecular complexity index is 685. The molecule has 0 aliphatic heterocycles. The summed E-state index contributed by atoms with van der Waals surface area (Å²) in [5.41, 5.74) is 0.568. The Hall–Kier alpha value is -2.76. The van der Waals surface area contributed by atoms with E-state index in [2.05, 4.69) is 0 Å². The molecule has 0 radical (unpaired) electrons. The number of nitro benzene ring substituents is 1. The summed E-state index contributed by atoms with van der Waals surface area (Å²) in [4.78, 5) is 20.4. The summed E-state index contributed by atoms with van der Waals surface area (Å²) in [6.45, 7) is 1.77. The zero-order valence-electron chi connectivity index (χ0n) is 10.5. The number of nitrogens with zero attached hydrogens (tertiary/aromatic N) is 1. The van der Waals surface area contributed by atoms with Gasteiger partial charge in [-0.2, -0.15) is 4.39 Å². The van der Waals surface area contributed by atoms with Gasteiger partial charge in [-0.05, 0) is 24.6 Å². The van der Waals surface area contributed by atoms with Crippen LogP contribution in [0.15, 0.2) is 36.4 Å². The van der Waals surface area contributed by atoms with Crippen molar-refractivity contribution in [1.29, 1.82) is 0 Å². The number of hydrogen-bond donors (Lipinski definition) is 0. The van der Waals surface area contributed by atoms with Crippen LogP contribution in [0.4, 0.5) is 10.1 Å². The van der Waals surface area contributed by atoms with Crippen LogP contribution in [0.1, 0.15) is 15.9 Å². The average Bonchev–Trinajstić information content (AvgIpc) is 2.41. The number of halogens is 1. The van der Waals surface area contributed by atoms with E-state index < -0.39 is 16.4 Å². The largest absolute Gasteiger partial charge is 0.457 e. The molecule has 2 aromatic carbocycles. The van der Waals surface area contributed by atoms with Crippen molar-refractivity contribution in [3.8, 4) is 11.5 Å². The predicted molar refractivity (Wildman–Crippen MR) is 69.7 cm³/mol. The summed E-state index contributed by atoms with van der Waals surface area (Å²) in [7, 11) is 0. The summed E-state index contributed by atoms with van der Waals surface area (Å²) in [6, 6.07) is 8.11. The van der Waals surface area contributed by atoms with Crippen LogP contribution in [0, 0.1) is 22.9 Å². The highest BCUT2D eigenvalue weighted by molar-refractivity contribution is 5.76. The van der Waals surface area contributed by atoms with E-state index in [1.807, 2.05) is 0 Å². The van der Waals surface area contributed by atoms with Crippen molar-refractivity contribution >= 4 is 12.0 Å². The van der Waals surface area contributed by atoms with Crippen molar-refractivity contribution in [2.24, 2.45) is 0 Å². The Kier molecular flexibility index (Phi) is 3.74. The van der Waals surface area contributed by atoms with E-state index in [4.69, 9.17) is 4.74 Å². The van der Waals surface area contributed by atoms with Crippen LogP contribution >= 0.6 is 0 Å². The molecule has 0 saturated heterocycles. The normalized spacial score (nSPS) is 10.1. The Morgan fingerprint density at radius 2 is 2.00 bits per heavy atom. The lowest BCUT2D eigenvalue weighted by molar-refractivity contribution is -0.387. The molecule has 2 rings (SSSR count). The summed E-state index contributed by atoms with van der Waals surface area (Å²) < 4.78 is 18.9. The highest BCUT2D eigenvalue weighted by Gasteiger charge is 2.15. The highest BCUT2D eigenvalue weighted by Crippen LogP contribution is 2.29. The lowest BCUT2D eigenvalue weighted by Gasteiger charge is -2.09. The third-order valence-electron chi connectivity index (χ3n) is 2.69. The lowest BCUT2D eigenvalue weighted by Crippen LogP contribution is -1.94. The fraction of sp³-hybridized carbons (Fsp3) is 0.0714. The zero-order valence-corrected chi connectivity index (χ0v) is 10.5. The number of rotatable bonds is 4. The van der Waals surface area contributed by atoms with Gasteiger partial charge in [0.25, 0.3) is 0 Å². The molecule has 0 spiro atoms. The molecule has 0 amide bonds. The van der Waals surface area contributed by atoms with Crippen molar-refractivity contribution in [2.75, 3.05) is 0 Å². The number of hydrogen-bond acceptors (Lipinski definition) is 4. The van der Waals surface area contributed by atoms with E-state index in [9.17, 15) is 19.3 Å². The Labute approximate surface area is 113 Å². The van der Waals surface area contributed by atoms with Crippen molar-refractivity contribution < 1.29 is 18.8 Å². The molecular formula is C14H10FNO4. The first-order chi connectivity index (χ1) is 9.51. The van der Waals surface area contributed by atoms with E-state index in [0.717, 1.165) is 17.7 Å². The van der Waals surface area contributed by atoms with E-state index in [0.29, 0.717) is 17.6 Å². The van der Waals surface area contributed by atoms with E-state index in [1.54, 1.807) is 19.1 Å². The van der Waals surface area contributed by atoms with Crippen LogP contribution in [0.3, 0.4) is 0 Å². The molecular weight excluding hydrogens is 265 g/mol. The molecule has 102 valence electrons. The minimum absolute atomic E-state index is 0.124. The maximum absolute atomic E-state index is 13.5. The van der Waals surface area contributed by atoms with Crippen molar-refractivity contribution in [1.82, 2.24) is 0 Å². The van der Waals surface area contributed by atoms with Gasteiger partial charge in [0.2, 0.25) is 5.82 Å². The number of carbonyl (C=O) groups excluding carboxylic acids is 1. The van der Waals surface area contributed by atoms with E-state index >= 15 is 0 Å². The molecule has 20 heavy (non-hydrogen) atoms. The van der Waals surface area contributed by atoms with Gasteiger partial charge in [0, 0.05) is 17.7 Å². The monoisotopic (exact) mass is 275 g/mol. The first-order valence-electron chi connectivity index (χ1n) is 5.69. The molecule has 0 heterocycles. The average molecular weight is 275 g/mol. The van der Waals surface area contributed by atoms with Crippen molar-refractivity contribution in [3.63, 3.8) is 0 Å². The molecule has 0 aromatic heterocycles. The number of aryl methyl sites for hydroxylation is 1. The van der Waals surface area contributed by atoms with E-state index in [-0.39, 0.29) is 5.75 Å². The van der Waals surface area contributed by atoms with Crippen LogP contribution in [-0.4, -0.2) is 11.2 Å². The van der Waals surface area contributed by atoms with Gasteiger partial charge in [0.15, 0.2) is 0 Å². The molecule has 5 nitrogen and oxygen atoms in total. The van der Waals surface area contributed by atoms with Gasteiger partial charge in [0.05, 0.1) is 4.92 Å². The van der Waals surface area contributed by atoms with Crippen LogP contribution in [-0.2, 0) is 0 Å². The molecule has 0 aliphatic carbocycles. The number of aldehydes is 1. The SMILES string of the molecule is Cc1ccc(C=O)cc1Oc1ccc([N+](=O)[O-])c(F)c1. The molecule has 0 unspecified atom stereocenters. The molecule has 2 aromatic rings. The van der Waals surface area contributed by atoms with Crippen molar-refractivity contribution in [2.45, 2.75) is 6.92 Å². The van der Waals surface area contributed by atoms with Crippen LogP contribution < -0.4 is 4.74 Å². The second-order valence-electron chi connectivity index (χ2n) is 4.12. The Morgan fingerprint density at radius 1 is 1.25 bits per heavy atom. The first kappa shape index (κ1) is 13.7. The predicted octanol–water partition coefficient (Wildman–Crippen LogP) is 3.65. The Balaban J connectivity index is 2.33.